The third kappa shape index (κ3) is 1.60. The van der Waals surface area contributed by atoms with Crippen molar-refractivity contribution in [3.63, 3.8) is 0 Å². The molecule has 3 heteroatoms. The molecule has 0 amide bonds. The average Bonchev–Trinajstić information content (AvgIpc) is 2.56. The number of nitrogen functional groups attached to an aromatic ring is 1. The van der Waals surface area contributed by atoms with Crippen LogP contribution < -0.4 is 10.8 Å². The van der Waals surface area contributed by atoms with Gasteiger partial charge in [0.15, 0.2) is 0 Å². The van der Waals surface area contributed by atoms with Crippen molar-refractivity contribution in [3.05, 3.63) is 23.8 Å². The largest absolute Gasteiger partial charge is 0.399 e. The number of hydrogen-bond donors (Lipinski definition) is 1. The average molecular weight is 178 g/mol. The number of nitrogens with zero attached hydrogens (tertiary/aromatic N) is 1. The lowest BCUT2D eigenvalue weighted by Gasteiger charge is -2.18. The summed E-state index contributed by atoms with van der Waals surface area (Å²) in [6.07, 6.45) is 1.10. The minimum absolute atomic E-state index is 0.806. The molecule has 1 aliphatic heterocycles. The highest BCUT2D eigenvalue weighted by Crippen LogP contribution is 2.24. The normalized spacial score (nSPS) is 16.5. The molecule has 1 aromatic rings. The SMILES string of the molecule is Cc1cc(N)ccc1N1CCCO1. The van der Waals surface area contributed by atoms with E-state index in [2.05, 4.69) is 0 Å². The zero-order valence-electron chi connectivity index (χ0n) is 7.79. The monoisotopic (exact) mass is 178 g/mol. The molecule has 0 unspecified atom stereocenters. The maximum atomic E-state index is 5.67. The van der Waals surface area contributed by atoms with Gasteiger partial charge in [-0.3, -0.25) is 9.90 Å². The highest BCUT2D eigenvalue weighted by molar-refractivity contribution is 5.58. The Morgan fingerprint density at radius 1 is 1.46 bits per heavy atom. The Hall–Kier alpha value is -1.22. The van der Waals surface area contributed by atoms with Crippen molar-refractivity contribution in [2.75, 3.05) is 23.9 Å². The van der Waals surface area contributed by atoms with Crippen molar-refractivity contribution in [3.8, 4) is 0 Å². The first-order valence-electron chi connectivity index (χ1n) is 4.54. The number of rotatable bonds is 1. The van der Waals surface area contributed by atoms with E-state index in [0.717, 1.165) is 30.9 Å². The molecule has 0 saturated carbocycles. The number of benzene rings is 1. The number of aryl methyl sites for hydroxylation is 1. The van der Waals surface area contributed by atoms with E-state index >= 15 is 0 Å². The molecule has 1 heterocycles. The van der Waals surface area contributed by atoms with E-state index in [4.69, 9.17) is 10.6 Å². The molecule has 3 nitrogen and oxygen atoms in total. The summed E-state index contributed by atoms with van der Waals surface area (Å²) in [6.45, 7) is 3.85. The Kier molecular flexibility index (Phi) is 2.10. The van der Waals surface area contributed by atoms with Crippen LogP contribution in [0.4, 0.5) is 11.4 Å². The lowest BCUT2D eigenvalue weighted by molar-refractivity contribution is 0.168. The van der Waals surface area contributed by atoms with Crippen molar-refractivity contribution in [1.29, 1.82) is 0 Å². The molecule has 2 N–H and O–H groups in total. The van der Waals surface area contributed by atoms with Gasteiger partial charge in [-0.25, -0.2) is 0 Å². The fraction of sp³-hybridized carbons (Fsp3) is 0.400. The minimum atomic E-state index is 0.806. The Labute approximate surface area is 78.1 Å². The summed E-state index contributed by atoms with van der Waals surface area (Å²) in [7, 11) is 0. The van der Waals surface area contributed by atoms with Gasteiger partial charge in [-0.15, -0.1) is 0 Å². The van der Waals surface area contributed by atoms with E-state index in [0.29, 0.717) is 0 Å². The molecule has 2 rings (SSSR count). The molecular weight excluding hydrogens is 164 g/mol. The molecule has 0 radical (unpaired) electrons. The Morgan fingerprint density at radius 2 is 2.31 bits per heavy atom. The summed E-state index contributed by atoms with van der Waals surface area (Å²) in [5, 5.41) is 1.94. The predicted molar refractivity (Wildman–Crippen MR) is 53.5 cm³/mol. The van der Waals surface area contributed by atoms with Crippen LogP contribution in [0.3, 0.4) is 0 Å². The molecule has 0 aliphatic carbocycles. The number of hydroxylamine groups is 1. The molecule has 1 fully saturated rings. The summed E-state index contributed by atoms with van der Waals surface area (Å²) in [4.78, 5) is 5.45. The lowest BCUT2D eigenvalue weighted by Crippen LogP contribution is -2.17. The Balaban J connectivity index is 2.29. The molecular formula is C10H14N2O. The fourth-order valence-corrected chi connectivity index (χ4v) is 1.60. The Morgan fingerprint density at radius 3 is 2.92 bits per heavy atom. The highest BCUT2D eigenvalue weighted by Gasteiger charge is 2.14. The first kappa shape index (κ1) is 8.38. The van der Waals surface area contributed by atoms with Gasteiger partial charge >= 0.3 is 0 Å². The first-order valence-corrected chi connectivity index (χ1v) is 4.54. The van der Waals surface area contributed by atoms with E-state index in [1.807, 2.05) is 30.2 Å². The van der Waals surface area contributed by atoms with Gasteiger partial charge in [-0.1, -0.05) is 0 Å². The topological polar surface area (TPSA) is 38.5 Å². The number of anilines is 2. The second kappa shape index (κ2) is 3.26. The quantitative estimate of drug-likeness (QED) is 0.665. The van der Waals surface area contributed by atoms with Crippen LogP contribution in [0.15, 0.2) is 18.2 Å². The van der Waals surface area contributed by atoms with E-state index < -0.39 is 0 Å². The van der Waals surface area contributed by atoms with Gasteiger partial charge in [-0.2, -0.15) is 0 Å². The molecule has 1 aliphatic rings. The van der Waals surface area contributed by atoms with Gasteiger partial charge in [0.05, 0.1) is 12.3 Å². The highest BCUT2D eigenvalue weighted by atomic mass is 16.7. The lowest BCUT2D eigenvalue weighted by atomic mass is 10.2. The maximum absolute atomic E-state index is 5.67. The summed E-state index contributed by atoms with van der Waals surface area (Å²) < 4.78 is 0. The number of hydrogen-bond acceptors (Lipinski definition) is 3. The fourth-order valence-electron chi connectivity index (χ4n) is 1.60. The van der Waals surface area contributed by atoms with Crippen LogP contribution in [0.2, 0.25) is 0 Å². The summed E-state index contributed by atoms with van der Waals surface area (Å²) in [5.41, 5.74) is 8.77. The van der Waals surface area contributed by atoms with Crippen molar-refractivity contribution < 1.29 is 4.84 Å². The summed E-state index contributed by atoms with van der Waals surface area (Å²) in [6, 6.07) is 5.89. The third-order valence-electron chi connectivity index (χ3n) is 2.24. The van der Waals surface area contributed by atoms with Gasteiger partial charge in [0.1, 0.15) is 0 Å². The molecule has 1 saturated heterocycles. The Bertz CT molecular complexity index is 306. The van der Waals surface area contributed by atoms with Crippen molar-refractivity contribution in [2.45, 2.75) is 13.3 Å². The molecule has 70 valence electrons. The van der Waals surface area contributed by atoms with Gasteiger partial charge in [0.2, 0.25) is 0 Å². The van der Waals surface area contributed by atoms with Crippen molar-refractivity contribution >= 4 is 11.4 Å². The zero-order valence-corrected chi connectivity index (χ0v) is 7.79. The van der Waals surface area contributed by atoms with Gasteiger partial charge < -0.3 is 5.73 Å². The van der Waals surface area contributed by atoms with Crippen molar-refractivity contribution in [1.82, 2.24) is 0 Å². The second-order valence-electron chi connectivity index (χ2n) is 3.33. The summed E-state index contributed by atoms with van der Waals surface area (Å²) >= 11 is 0. The van der Waals surface area contributed by atoms with Crippen LogP contribution in [-0.2, 0) is 4.84 Å². The molecule has 0 spiro atoms. The van der Waals surface area contributed by atoms with Crippen LogP contribution in [0, 0.1) is 6.92 Å². The maximum Gasteiger partial charge on any atom is 0.0766 e. The van der Waals surface area contributed by atoms with Gasteiger partial charge in [0, 0.05) is 12.2 Å². The molecule has 0 bridgehead atoms. The molecule has 0 atom stereocenters. The van der Waals surface area contributed by atoms with Crippen LogP contribution in [-0.4, -0.2) is 13.2 Å². The second-order valence-corrected chi connectivity index (χ2v) is 3.33. The van der Waals surface area contributed by atoms with Crippen LogP contribution in [0.5, 0.6) is 0 Å². The van der Waals surface area contributed by atoms with E-state index in [9.17, 15) is 0 Å². The minimum Gasteiger partial charge on any atom is -0.399 e. The smallest absolute Gasteiger partial charge is 0.0766 e. The van der Waals surface area contributed by atoms with Gasteiger partial charge in [-0.05, 0) is 37.1 Å². The molecule has 0 aromatic heterocycles. The summed E-state index contributed by atoms with van der Waals surface area (Å²) in [5.74, 6) is 0. The van der Waals surface area contributed by atoms with E-state index in [1.165, 1.54) is 5.56 Å². The number of nitrogens with two attached hydrogens (primary N) is 1. The van der Waals surface area contributed by atoms with Crippen LogP contribution in [0.25, 0.3) is 0 Å². The predicted octanol–water partition coefficient (Wildman–Crippen LogP) is 1.72. The van der Waals surface area contributed by atoms with E-state index in [-0.39, 0.29) is 0 Å². The third-order valence-corrected chi connectivity index (χ3v) is 2.24. The molecule has 1 aromatic carbocycles. The van der Waals surface area contributed by atoms with Crippen molar-refractivity contribution in [2.24, 2.45) is 0 Å². The van der Waals surface area contributed by atoms with E-state index in [1.54, 1.807) is 0 Å². The van der Waals surface area contributed by atoms with Gasteiger partial charge in [0.25, 0.3) is 0 Å². The molecule has 13 heavy (non-hydrogen) atoms. The first-order chi connectivity index (χ1) is 6.27. The van der Waals surface area contributed by atoms with Crippen LogP contribution in [0.1, 0.15) is 12.0 Å². The van der Waals surface area contributed by atoms with Crippen LogP contribution >= 0.6 is 0 Å². The zero-order chi connectivity index (χ0) is 9.26. The standard InChI is InChI=1S/C10H14N2O/c1-8-7-9(11)3-4-10(8)12-5-2-6-13-12/h3-4,7H,2,5-6,11H2,1H3.